The van der Waals surface area contributed by atoms with Crippen LogP contribution in [0.4, 0.5) is 0 Å². The van der Waals surface area contributed by atoms with Crippen LogP contribution < -0.4 is 0 Å². The Bertz CT molecular complexity index is 524. The molecule has 0 aromatic heterocycles. The highest BCUT2D eigenvalue weighted by Crippen LogP contribution is 2.68. The third kappa shape index (κ3) is 1.95. The number of hydrogen-bond acceptors (Lipinski definition) is 3. The summed E-state index contributed by atoms with van der Waals surface area (Å²) in [5.41, 5.74) is 0.790. The van der Waals surface area contributed by atoms with E-state index in [1.807, 2.05) is 0 Å². The molecule has 0 spiro atoms. The predicted molar refractivity (Wildman–Crippen MR) is 82.0 cm³/mol. The average molecular weight is 305 g/mol. The molecule has 1 amide bonds. The Morgan fingerprint density at radius 1 is 1.14 bits per heavy atom. The summed E-state index contributed by atoms with van der Waals surface area (Å²) in [5, 5.41) is 0. The van der Waals surface area contributed by atoms with Crippen LogP contribution in [-0.2, 0) is 14.3 Å². The molecule has 5 fully saturated rings. The Morgan fingerprint density at radius 2 is 1.77 bits per heavy atom. The molecule has 4 bridgehead atoms. The predicted octanol–water partition coefficient (Wildman–Crippen LogP) is 2.76. The lowest BCUT2D eigenvalue weighted by molar-refractivity contribution is -0.170. The minimum absolute atomic E-state index is 0.0166. The van der Waals surface area contributed by atoms with Crippen LogP contribution in [-0.4, -0.2) is 36.0 Å². The fourth-order valence-electron chi connectivity index (χ4n) is 7.18. The Balaban J connectivity index is 1.65. The normalized spacial score (nSPS) is 49.8. The molecule has 1 aliphatic heterocycles. The SMILES string of the molecule is COC(=O)[C@H]1CC(=O)N(C23CC4C[C@@](C)(C2)C[C@](C)(C4)C3)C1. The summed E-state index contributed by atoms with van der Waals surface area (Å²) in [4.78, 5) is 26.6. The number of hydrogen-bond donors (Lipinski definition) is 0. The molecule has 0 radical (unpaired) electrons. The van der Waals surface area contributed by atoms with E-state index in [9.17, 15) is 9.59 Å². The van der Waals surface area contributed by atoms with E-state index in [1.165, 1.54) is 26.4 Å². The molecule has 2 unspecified atom stereocenters. The number of esters is 1. The van der Waals surface area contributed by atoms with Gasteiger partial charge in [0, 0.05) is 18.5 Å². The van der Waals surface area contributed by atoms with Gasteiger partial charge in [-0.2, -0.15) is 0 Å². The zero-order valence-corrected chi connectivity index (χ0v) is 14.0. The lowest BCUT2D eigenvalue weighted by Crippen LogP contribution is -2.65. The fraction of sp³-hybridized carbons (Fsp3) is 0.889. The Labute approximate surface area is 132 Å². The third-order valence-electron chi connectivity index (χ3n) is 6.83. The maximum absolute atomic E-state index is 12.6. The van der Waals surface area contributed by atoms with Gasteiger partial charge in [-0.05, 0) is 55.3 Å². The van der Waals surface area contributed by atoms with Gasteiger partial charge in [0.15, 0.2) is 0 Å². The maximum atomic E-state index is 12.6. The van der Waals surface area contributed by atoms with E-state index in [0.717, 1.165) is 25.2 Å². The molecule has 5 atom stereocenters. The first-order chi connectivity index (χ1) is 10.3. The molecule has 0 aromatic carbocycles. The van der Waals surface area contributed by atoms with Gasteiger partial charge in [0.25, 0.3) is 0 Å². The van der Waals surface area contributed by atoms with Crippen molar-refractivity contribution in [2.24, 2.45) is 22.7 Å². The van der Waals surface area contributed by atoms with Crippen molar-refractivity contribution < 1.29 is 14.3 Å². The van der Waals surface area contributed by atoms with Gasteiger partial charge in [0.1, 0.15) is 0 Å². The molecule has 1 saturated heterocycles. The van der Waals surface area contributed by atoms with Crippen molar-refractivity contribution in [2.45, 2.75) is 64.3 Å². The van der Waals surface area contributed by atoms with Crippen molar-refractivity contribution in [3.63, 3.8) is 0 Å². The summed E-state index contributed by atoms with van der Waals surface area (Å²) in [6.45, 7) is 5.41. The number of likely N-dealkylation sites (tertiary alicyclic amines) is 1. The van der Waals surface area contributed by atoms with Crippen molar-refractivity contribution >= 4 is 11.9 Å². The zero-order valence-electron chi connectivity index (χ0n) is 14.0. The number of rotatable bonds is 2. The number of ether oxygens (including phenoxy) is 1. The van der Waals surface area contributed by atoms with Crippen molar-refractivity contribution in [1.82, 2.24) is 4.90 Å². The third-order valence-corrected chi connectivity index (χ3v) is 6.83. The molecule has 0 N–H and O–H groups in total. The lowest BCUT2D eigenvalue weighted by Gasteiger charge is -2.67. The smallest absolute Gasteiger partial charge is 0.310 e. The molecule has 4 heteroatoms. The van der Waals surface area contributed by atoms with Gasteiger partial charge in [0.2, 0.25) is 5.91 Å². The van der Waals surface area contributed by atoms with Crippen molar-refractivity contribution in [1.29, 1.82) is 0 Å². The summed E-state index contributed by atoms with van der Waals surface area (Å²) in [5.74, 6) is 0.449. The molecular weight excluding hydrogens is 278 g/mol. The highest BCUT2D eigenvalue weighted by atomic mass is 16.5. The Hall–Kier alpha value is -1.06. The van der Waals surface area contributed by atoms with E-state index < -0.39 is 0 Å². The molecule has 4 saturated carbocycles. The topological polar surface area (TPSA) is 46.6 Å². The molecular formula is C18H27NO3. The van der Waals surface area contributed by atoms with Crippen LogP contribution in [0.3, 0.4) is 0 Å². The van der Waals surface area contributed by atoms with Crippen LogP contribution in [0.15, 0.2) is 0 Å². The fourth-order valence-corrected chi connectivity index (χ4v) is 7.18. The molecule has 122 valence electrons. The van der Waals surface area contributed by atoms with E-state index in [4.69, 9.17) is 4.74 Å². The van der Waals surface area contributed by atoms with Gasteiger partial charge >= 0.3 is 5.97 Å². The summed E-state index contributed by atoms with van der Waals surface area (Å²) < 4.78 is 4.87. The molecule has 5 rings (SSSR count). The van der Waals surface area contributed by atoms with E-state index in [0.29, 0.717) is 23.8 Å². The first-order valence-corrected chi connectivity index (χ1v) is 8.65. The quantitative estimate of drug-likeness (QED) is 0.737. The van der Waals surface area contributed by atoms with Crippen molar-refractivity contribution in [3.05, 3.63) is 0 Å². The standard InChI is InChI=1S/C18H27NO3/c1-16-5-12-6-17(2,9-16)11-18(7-12,10-16)19-8-13(4-14(19)20)15(21)22-3/h12-13H,4-11H2,1-3H3/t12?,13-,16-,17+,18?/m0/s1. The van der Waals surface area contributed by atoms with Gasteiger partial charge in [-0.15, -0.1) is 0 Å². The molecule has 0 aromatic rings. The highest BCUT2D eigenvalue weighted by Gasteiger charge is 2.63. The number of carbonyl (C=O) groups excluding carboxylic acids is 2. The Kier molecular flexibility index (Phi) is 2.82. The monoisotopic (exact) mass is 305 g/mol. The number of nitrogens with zero attached hydrogens (tertiary/aromatic N) is 1. The Morgan fingerprint density at radius 3 is 2.32 bits per heavy atom. The second-order valence-electron chi connectivity index (χ2n) is 9.28. The second kappa shape index (κ2) is 4.27. The molecule has 4 nitrogen and oxygen atoms in total. The summed E-state index contributed by atoms with van der Waals surface area (Å²) in [6.07, 6.45) is 7.71. The van der Waals surface area contributed by atoms with E-state index >= 15 is 0 Å². The van der Waals surface area contributed by atoms with Crippen LogP contribution >= 0.6 is 0 Å². The molecule has 4 aliphatic carbocycles. The van der Waals surface area contributed by atoms with E-state index in [-0.39, 0.29) is 23.3 Å². The summed E-state index contributed by atoms with van der Waals surface area (Å²) in [6, 6.07) is 0. The molecule has 22 heavy (non-hydrogen) atoms. The molecule has 5 aliphatic rings. The highest BCUT2D eigenvalue weighted by molar-refractivity contribution is 5.87. The van der Waals surface area contributed by atoms with Crippen LogP contribution in [0.1, 0.15) is 58.8 Å². The van der Waals surface area contributed by atoms with Crippen molar-refractivity contribution in [3.8, 4) is 0 Å². The first-order valence-electron chi connectivity index (χ1n) is 8.65. The van der Waals surface area contributed by atoms with Gasteiger partial charge in [0.05, 0.1) is 13.0 Å². The minimum Gasteiger partial charge on any atom is -0.469 e. The van der Waals surface area contributed by atoms with Crippen LogP contribution in [0.25, 0.3) is 0 Å². The summed E-state index contributed by atoms with van der Waals surface area (Å²) >= 11 is 0. The van der Waals surface area contributed by atoms with Crippen LogP contribution in [0.2, 0.25) is 0 Å². The number of carbonyl (C=O) groups is 2. The van der Waals surface area contributed by atoms with E-state index in [1.54, 1.807) is 0 Å². The average Bonchev–Trinajstić information content (AvgIpc) is 2.76. The van der Waals surface area contributed by atoms with Gasteiger partial charge in [-0.1, -0.05) is 13.8 Å². The van der Waals surface area contributed by atoms with Gasteiger partial charge < -0.3 is 9.64 Å². The van der Waals surface area contributed by atoms with Gasteiger partial charge in [-0.3, -0.25) is 9.59 Å². The zero-order chi connectivity index (χ0) is 15.8. The maximum Gasteiger partial charge on any atom is 0.310 e. The van der Waals surface area contributed by atoms with Crippen LogP contribution in [0.5, 0.6) is 0 Å². The first kappa shape index (κ1) is 14.5. The summed E-state index contributed by atoms with van der Waals surface area (Å²) in [7, 11) is 1.42. The van der Waals surface area contributed by atoms with Crippen LogP contribution in [0, 0.1) is 22.7 Å². The van der Waals surface area contributed by atoms with Gasteiger partial charge in [-0.25, -0.2) is 0 Å². The van der Waals surface area contributed by atoms with Crippen molar-refractivity contribution in [2.75, 3.05) is 13.7 Å². The largest absolute Gasteiger partial charge is 0.469 e. The minimum atomic E-state index is -0.258. The lowest BCUT2D eigenvalue weighted by atomic mass is 9.42. The second-order valence-corrected chi connectivity index (χ2v) is 9.28. The van der Waals surface area contributed by atoms with E-state index in [2.05, 4.69) is 18.7 Å². The number of methoxy groups -OCH3 is 1. The number of amides is 1. The molecule has 1 heterocycles.